The van der Waals surface area contributed by atoms with Gasteiger partial charge in [0.1, 0.15) is 10.8 Å². The molecule has 2 aromatic heterocycles. The van der Waals surface area contributed by atoms with E-state index in [1.165, 1.54) is 12.4 Å². The molecular formula is C14H9ClN4O. The van der Waals surface area contributed by atoms with Gasteiger partial charge in [0.15, 0.2) is 0 Å². The molecule has 98 valence electrons. The minimum absolute atomic E-state index is 0.204. The fourth-order valence-corrected chi connectivity index (χ4v) is 1.94. The Balaban J connectivity index is 1.93. The molecule has 6 heteroatoms. The SMILES string of the molecule is O=C(Nc1cccc2ccncc12)c1cnc(Cl)cn1. The number of aromatic nitrogens is 3. The lowest BCUT2D eigenvalue weighted by molar-refractivity contribution is 0.102. The van der Waals surface area contributed by atoms with Crippen LogP contribution in [0.25, 0.3) is 10.8 Å². The molecule has 0 bridgehead atoms. The van der Waals surface area contributed by atoms with E-state index in [-0.39, 0.29) is 16.8 Å². The first kappa shape index (κ1) is 12.5. The van der Waals surface area contributed by atoms with Gasteiger partial charge in [-0.1, -0.05) is 23.7 Å². The minimum Gasteiger partial charge on any atom is -0.320 e. The highest BCUT2D eigenvalue weighted by molar-refractivity contribution is 6.29. The predicted octanol–water partition coefficient (Wildman–Crippen LogP) is 2.93. The Bertz CT molecular complexity index is 768. The number of amides is 1. The van der Waals surface area contributed by atoms with E-state index in [0.29, 0.717) is 5.69 Å². The van der Waals surface area contributed by atoms with Crippen LogP contribution < -0.4 is 5.32 Å². The van der Waals surface area contributed by atoms with Gasteiger partial charge in [0.05, 0.1) is 18.1 Å². The maximum absolute atomic E-state index is 12.1. The maximum atomic E-state index is 12.1. The van der Waals surface area contributed by atoms with E-state index in [1.54, 1.807) is 12.4 Å². The lowest BCUT2D eigenvalue weighted by atomic mass is 10.1. The number of fused-ring (bicyclic) bond motifs is 1. The normalized spacial score (nSPS) is 10.4. The van der Waals surface area contributed by atoms with Crippen molar-refractivity contribution < 1.29 is 4.79 Å². The average Bonchev–Trinajstić information content (AvgIpc) is 2.48. The summed E-state index contributed by atoms with van der Waals surface area (Å²) in [6.07, 6.45) is 6.08. The van der Waals surface area contributed by atoms with Crippen molar-refractivity contribution in [3.05, 3.63) is 59.9 Å². The van der Waals surface area contributed by atoms with Crippen molar-refractivity contribution in [2.75, 3.05) is 5.32 Å². The van der Waals surface area contributed by atoms with E-state index in [1.807, 2.05) is 24.3 Å². The topological polar surface area (TPSA) is 67.8 Å². The Morgan fingerprint density at radius 2 is 2.00 bits per heavy atom. The monoisotopic (exact) mass is 284 g/mol. The lowest BCUT2D eigenvalue weighted by Gasteiger charge is -2.07. The molecule has 0 aliphatic carbocycles. The van der Waals surface area contributed by atoms with Crippen LogP contribution in [-0.2, 0) is 0 Å². The molecule has 0 aliphatic rings. The van der Waals surface area contributed by atoms with Gasteiger partial charge in [-0.2, -0.15) is 0 Å². The number of pyridine rings is 1. The third kappa shape index (κ3) is 2.44. The van der Waals surface area contributed by atoms with Crippen molar-refractivity contribution in [1.82, 2.24) is 15.0 Å². The summed E-state index contributed by atoms with van der Waals surface area (Å²) in [6.45, 7) is 0. The summed E-state index contributed by atoms with van der Waals surface area (Å²) in [5.74, 6) is -0.342. The number of carbonyl (C=O) groups excluding carboxylic acids is 1. The standard InChI is InChI=1S/C14H9ClN4O/c15-13-8-17-12(7-18-13)14(20)19-11-3-1-2-9-4-5-16-6-10(9)11/h1-8H,(H,19,20). The van der Waals surface area contributed by atoms with E-state index < -0.39 is 0 Å². The van der Waals surface area contributed by atoms with Gasteiger partial charge in [0.2, 0.25) is 0 Å². The van der Waals surface area contributed by atoms with Crippen molar-refractivity contribution >= 4 is 34.0 Å². The van der Waals surface area contributed by atoms with Gasteiger partial charge in [-0.15, -0.1) is 0 Å². The average molecular weight is 285 g/mol. The molecule has 5 nitrogen and oxygen atoms in total. The summed E-state index contributed by atoms with van der Waals surface area (Å²) in [5.41, 5.74) is 0.882. The second-order valence-electron chi connectivity index (χ2n) is 4.08. The van der Waals surface area contributed by atoms with Crippen LogP contribution >= 0.6 is 11.6 Å². The largest absolute Gasteiger partial charge is 0.320 e. The maximum Gasteiger partial charge on any atom is 0.275 e. The van der Waals surface area contributed by atoms with E-state index in [4.69, 9.17) is 11.6 Å². The van der Waals surface area contributed by atoms with E-state index >= 15 is 0 Å². The zero-order valence-corrected chi connectivity index (χ0v) is 11.0. The van der Waals surface area contributed by atoms with Crippen LogP contribution in [0.1, 0.15) is 10.5 Å². The van der Waals surface area contributed by atoms with Crippen LogP contribution in [0.5, 0.6) is 0 Å². The van der Waals surface area contributed by atoms with Gasteiger partial charge in [-0.25, -0.2) is 9.97 Å². The molecule has 1 N–H and O–H groups in total. The van der Waals surface area contributed by atoms with Gasteiger partial charge in [-0.05, 0) is 17.5 Å². The number of halogens is 1. The Hall–Kier alpha value is -2.53. The molecule has 0 atom stereocenters. The second-order valence-corrected chi connectivity index (χ2v) is 4.47. The van der Waals surface area contributed by atoms with Gasteiger partial charge >= 0.3 is 0 Å². The summed E-state index contributed by atoms with van der Waals surface area (Å²) >= 11 is 5.64. The molecule has 0 saturated carbocycles. The van der Waals surface area contributed by atoms with Crippen molar-refractivity contribution in [3.8, 4) is 0 Å². The molecule has 0 saturated heterocycles. The minimum atomic E-state index is -0.342. The fourth-order valence-electron chi connectivity index (χ4n) is 1.84. The number of nitrogens with zero attached hydrogens (tertiary/aromatic N) is 3. The van der Waals surface area contributed by atoms with Crippen molar-refractivity contribution in [1.29, 1.82) is 0 Å². The van der Waals surface area contributed by atoms with Gasteiger partial charge in [0.25, 0.3) is 5.91 Å². The fraction of sp³-hybridized carbons (Fsp3) is 0. The highest BCUT2D eigenvalue weighted by atomic mass is 35.5. The van der Waals surface area contributed by atoms with Crippen molar-refractivity contribution in [2.45, 2.75) is 0 Å². The summed E-state index contributed by atoms with van der Waals surface area (Å²) in [5, 5.41) is 4.91. The molecule has 0 unspecified atom stereocenters. The number of hydrogen-bond donors (Lipinski definition) is 1. The Morgan fingerprint density at radius 3 is 2.80 bits per heavy atom. The number of carbonyl (C=O) groups is 1. The number of rotatable bonds is 2. The number of nitrogens with one attached hydrogen (secondary N) is 1. The number of benzene rings is 1. The molecular weight excluding hydrogens is 276 g/mol. The number of hydrogen-bond acceptors (Lipinski definition) is 4. The molecule has 0 fully saturated rings. The first-order chi connectivity index (χ1) is 9.74. The molecule has 3 rings (SSSR count). The van der Waals surface area contributed by atoms with Crippen LogP contribution in [0.15, 0.2) is 49.1 Å². The Labute approximate surface area is 119 Å². The Kier molecular flexibility index (Phi) is 3.26. The molecule has 0 spiro atoms. The van der Waals surface area contributed by atoms with Crippen LogP contribution in [0.3, 0.4) is 0 Å². The van der Waals surface area contributed by atoms with Gasteiger partial charge in [-0.3, -0.25) is 9.78 Å². The zero-order chi connectivity index (χ0) is 13.9. The highest BCUT2D eigenvalue weighted by Crippen LogP contribution is 2.22. The summed E-state index contributed by atoms with van der Waals surface area (Å²) in [4.78, 5) is 23.9. The lowest BCUT2D eigenvalue weighted by Crippen LogP contribution is -2.14. The molecule has 2 heterocycles. The van der Waals surface area contributed by atoms with Crippen LogP contribution in [0, 0.1) is 0 Å². The molecule has 1 aromatic carbocycles. The summed E-state index contributed by atoms with van der Waals surface area (Å²) < 4.78 is 0. The Morgan fingerprint density at radius 1 is 1.10 bits per heavy atom. The molecule has 20 heavy (non-hydrogen) atoms. The van der Waals surface area contributed by atoms with Gasteiger partial charge in [0, 0.05) is 17.8 Å². The van der Waals surface area contributed by atoms with E-state index in [2.05, 4.69) is 20.3 Å². The van der Waals surface area contributed by atoms with Crippen molar-refractivity contribution in [3.63, 3.8) is 0 Å². The molecule has 0 aliphatic heterocycles. The molecule has 0 radical (unpaired) electrons. The van der Waals surface area contributed by atoms with Crippen molar-refractivity contribution in [2.24, 2.45) is 0 Å². The molecule has 1 amide bonds. The van der Waals surface area contributed by atoms with Crippen LogP contribution in [0.4, 0.5) is 5.69 Å². The van der Waals surface area contributed by atoms with E-state index in [9.17, 15) is 4.79 Å². The smallest absolute Gasteiger partial charge is 0.275 e. The van der Waals surface area contributed by atoms with Crippen LogP contribution in [0.2, 0.25) is 5.15 Å². The number of anilines is 1. The first-order valence-corrected chi connectivity index (χ1v) is 6.23. The quantitative estimate of drug-likeness (QED) is 0.785. The summed E-state index contributed by atoms with van der Waals surface area (Å²) in [6, 6.07) is 7.51. The summed E-state index contributed by atoms with van der Waals surface area (Å²) in [7, 11) is 0. The third-order valence-electron chi connectivity index (χ3n) is 2.78. The van der Waals surface area contributed by atoms with E-state index in [0.717, 1.165) is 10.8 Å². The predicted molar refractivity (Wildman–Crippen MR) is 76.7 cm³/mol. The third-order valence-corrected chi connectivity index (χ3v) is 2.98. The zero-order valence-electron chi connectivity index (χ0n) is 10.2. The second kappa shape index (κ2) is 5.22. The highest BCUT2D eigenvalue weighted by Gasteiger charge is 2.10. The first-order valence-electron chi connectivity index (χ1n) is 5.86. The molecule has 3 aromatic rings. The van der Waals surface area contributed by atoms with Crippen LogP contribution in [-0.4, -0.2) is 20.9 Å². The van der Waals surface area contributed by atoms with Gasteiger partial charge < -0.3 is 5.32 Å².